The zero-order chi connectivity index (χ0) is 15.0. The molecular weight excluding hydrogens is 274 g/mol. The third kappa shape index (κ3) is 3.08. The first-order valence-electron chi connectivity index (χ1n) is 5.31. The monoisotopic (exact) mass is 284 g/mol. The maximum absolute atomic E-state index is 12.9. The molecule has 0 amide bonds. The Morgan fingerprint density at radius 2 is 1.58 bits per heavy atom. The molecule has 0 bridgehead atoms. The van der Waals surface area contributed by atoms with Crippen LogP contribution in [0.1, 0.15) is 40.9 Å². The van der Waals surface area contributed by atoms with Gasteiger partial charge in [-0.3, -0.25) is 4.79 Å². The summed E-state index contributed by atoms with van der Waals surface area (Å²) in [7, 11) is 0. The molecule has 0 atom stereocenters. The van der Waals surface area contributed by atoms with Crippen molar-refractivity contribution >= 4 is 5.78 Å². The highest BCUT2D eigenvalue weighted by Crippen LogP contribution is 2.41. The van der Waals surface area contributed by atoms with Gasteiger partial charge in [-0.1, -0.05) is 13.0 Å². The van der Waals surface area contributed by atoms with Crippen LogP contribution in [0, 0.1) is 0 Å². The second kappa shape index (κ2) is 4.86. The Balaban J connectivity index is 3.75. The normalized spacial score (nSPS) is 12.6. The molecule has 1 rings (SSSR count). The van der Waals surface area contributed by atoms with E-state index >= 15 is 0 Å². The lowest BCUT2D eigenvalue weighted by Crippen LogP contribution is -2.20. The van der Waals surface area contributed by atoms with Crippen LogP contribution in [0.3, 0.4) is 0 Å². The van der Waals surface area contributed by atoms with Gasteiger partial charge in [-0.25, -0.2) is 0 Å². The van der Waals surface area contributed by atoms with E-state index in [1.807, 2.05) is 0 Å². The van der Waals surface area contributed by atoms with Crippen LogP contribution in [0.15, 0.2) is 12.1 Å². The van der Waals surface area contributed by atoms with Crippen molar-refractivity contribution in [2.45, 2.75) is 32.6 Å². The SMILES string of the molecule is CCc1c(C(F)(F)F)ccc(C(C)=O)c1C(F)(F)F. The molecule has 0 unspecified atom stereocenters. The molecule has 0 aliphatic heterocycles. The van der Waals surface area contributed by atoms with Crippen molar-refractivity contribution in [3.05, 3.63) is 34.4 Å². The Morgan fingerprint density at radius 1 is 1.05 bits per heavy atom. The first-order valence-corrected chi connectivity index (χ1v) is 5.31. The molecule has 1 aromatic carbocycles. The largest absolute Gasteiger partial charge is 0.417 e. The third-order valence-corrected chi connectivity index (χ3v) is 2.63. The van der Waals surface area contributed by atoms with Crippen LogP contribution in [0.5, 0.6) is 0 Å². The number of benzene rings is 1. The van der Waals surface area contributed by atoms with Crippen LogP contribution in [0.4, 0.5) is 26.3 Å². The fourth-order valence-corrected chi connectivity index (χ4v) is 1.90. The number of carbonyl (C=O) groups excluding carboxylic acids is 1. The van der Waals surface area contributed by atoms with E-state index in [1.165, 1.54) is 6.92 Å². The molecule has 0 aliphatic carbocycles. The Bertz CT molecular complexity index is 498. The summed E-state index contributed by atoms with van der Waals surface area (Å²) in [6, 6.07) is 1.10. The van der Waals surface area contributed by atoms with Gasteiger partial charge in [0.1, 0.15) is 0 Å². The molecule has 106 valence electrons. The summed E-state index contributed by atoms with van der Waals surface area (Å²) in [5.74, 6) is -0.921. The van der Waals surface area contributed by atoms with Gasteiger partial charge in [0.25, 0.3) is 0 Å². The van der Waals surface area contributed by atoms with Gasteiger partial charge in [0.05, 0.1) is 11.1 Å². The van der Waals surface area contributed by atoms with E-state index < -0.39 is 46.8 Å². The van der Waals surface area contributed by atoms with Crippen molar-refractivity contribution in [1.29, 1.82) is 0 Å². The van der Waals surface area contributed by atoms with Crippen LogP contribution >= 0.6 is 0 Å². The number of Topliss-reactive ketones (excluding diaryl/α,β-unsaturated/α-hetero) is 1. The lowest BCUT2D eigenvalue weighted by Gasteiger charge is -2.20. The highest BCUT2D eigenvalue weighted by Gasteiger charge is 2.42. The summed E-state index contributed by atoms with van der Waals surface area (Å²) in [6.07, 6.45) is -10.4. The van der Waals surface area contributed by atoms with Gasteiger partial charge >= 0.3 is 12.4 Å². The zero-order valence-electron chi connectivity index (χ0n) is 10.0. The van der Waals surface area contributed by atoms with Gasteiger partial charge in [-0.15, -0.1) is 0 Å². The number of alkyl halides is 6. The zero-order valence-corrected chi connectivity index (χ0v) is 10.0. The Kier molecular flexibility index (Phi) is 3.97. The third-order valence-electron chi connectivity index (χ3n) is 2.63. The Hall–Kier alpha value is -1.53. The average Bonchev–Trinajstić information content (AvgIpc) is 2.24. The summed E-state index contributed by atoms with van der Waals surface area (Å²) in [5, 5.41) is 0. The molecule has 1 aromatic rings. The summed E-state index contributed by atoms with van der Waals surface area (Å²) < 4.78 is 76.8. The van der Waals surface area contributed by atoms with Crippen LogP contribution in [-0.2, 0) is 18.8 Å². The second-order valence-electron chi connectivity index (χ2n) is 3.92. The van der Waals surface area contributed by atoms with Gasteiger partial charge in [0, 0.05) is 5.56 Å². The molecular formula is C12H10F6O. The maximum atomic E-state index is 12.9. The van der Waals surface area contributed by atoms with E-state index in [0.717, 1.165) is 6.92 Å². The molecule has 0 aliphatic rings. The molecule has 0 saturated carbocycles. The Labute approximate surface area is 105 Å². The minimum absolute atomic E-state index is 0.467. The Morgan fingerprint density at radius 3 is 1.89 bits per heavy atom. The first-order chi connectivity index (χ1) is 8.50. The first kappa shape index (κ1) is 15.5. The van der Waals surface area contributed by atoms with E-state index in [-0.39, 0.29) is 0 Å². The number of rotatable bonds is 2. The fourth-order valence-electron chi connectivity index (χ4n) is 1.90. The summed E-state index contributed by atoms with van der Waals surface area (Å²) in [6.45, 7) is 2.07. The number of hydrogen-bond donors (Lipinski definition) is 0. The van der Waals surface area contributed by atoms with E-state index in [2.05, 4.69) is 0 Å². The highest BCUT2D eigenvalue weighted by molar-refractivity contribution is 5.96. The molecule has 0 saturated heterocycles. The van der Waals surface area contributed by atoms with Crippen molar-refractivity contribution in [2.75, 3.05) is 0 Å². The van der Waals surface area contributed by atoms with Gasteiger partial charge in [0.15, 0.2) is 5.78 Å². The summed E-state index contributed by atoms with van der Waals surface area (Å²) in [4.78, 5) is 11.2. The van der Waals surface area contributed by atoms with Crippen LogP contribution in [0.25, 0.3) is 0 Å². The maximum Gasteiger partial charge on any atom is 0.417 e. The average molecular weight is 284 g/mol. The standard InChI is InChI=1S/C12H10F6O/c1-3-7-9(11(13,14)15)5-4-8(6(2)19)10(7)12(16,17)18/h4-5H,3H2,1-2H3. The lowest BCUT2D eigenvalue weighted by atomic mass is 9.92. The van der Waals surface area contributed by atoms with Crippen molar-refractivity contribution in [3.8, 4) is 0 Å². The minimum atomic E-state index is -5.01. The lowest BCUT2D eigenvalue weighted by molar-refractivity contribution is -0.144. The molecule has 7 heteroatoms. The van der Waals surface area contributed by atoms with E-state index in [1.54, 1.807) is 0 Å². The van der Waals surface area contributed by atoms with Gasteiger partial charge < -0.3 is 0 Å². The van der Waals surface area contributed by atoms with E-state index in [0.29, 0.717) is 12.1 Å². The number of carbonyl (C=O) groups is 1. The smallest absolute Gasteiger partial charge is 0.294 e. The quantitative estimate of drug-likeness (QED) is 0.577. The highest BCUT2D eigenvalue weighted by atomic mass is 19.4. The number of hydrogen-bond acceptors (Lipinski definition) is 1. The topological polar surface area (TPSA) is 17.1 Å². The second-order valence-corrected chi connectivity index (χ2v) is 3.92. The van der Waals surface area contributed by atoms with Crippen molar-refractivity contribution < 1.29 is 31.1 Å². The fraction of sp³-hybridized carbons (Fsp3) is 0.417. The van der Waals surface area contributed by atoms with Crippen molar-refractivity contribution in [1.82, 2.24) is 0 Å². The van der Waals surface area contributed by atoms with Crippen molar-refractivity contribution in [3.63, 3.8) is 0 Å². The summed E-state index contributed by atoms with van der Waals surface area (Å²) in [5.41, 5.74) is -4.48. The van der Waals surface area contributed by atoms with Crippen LogP contribution in [-0.4, -0.2) is 5.78 Å². The van der Waals surface area contributed by atoms with Crippen LogP contribution < -0.4 is 0 Å². The van der Waals surface area contributed by atoms with Gasteiger partial charge in [-0.2, -0.15) is 26.3 Å². The molecule has 1 nitrogen and oxygen atoms in total. The minimum Gasteiger partial charge on any atom is -0.294 e. The molecule has 19 heavy (non-hydrogen) atoms. The molecule has 0 N–H and O–H groups in total. The predicted octanol–water partition coefficient (Wildman–Crippen LogP) is 4.49. The van der Waals surface area contributed by atoms with Gasteiger partial charge in [-0.05, 0) is 25.0 Å². The van der Waals surface area contributed by atoms with E-state index in [9.17, 15) is 31.1 Å². The van der Waals surface area contributed by atoms with E-state index in [4.69, 9.17) is 0 Å². The van der Waals surface area contributed by atoms with Crippen molar-refractivity contribution in [2.24, 2.45) is 0 Å². The molecule has 0 fully saturated rings. The predicted molar refractivity (Wildman–Crippen MR) is 55.8 cm³/mol. The van der Waals surface area contributed by atoms with Gasteiger partial charge in [0.2, 0.25) is 0 Å². The molecule has 0 radical (unpaired) electrons. The number of ketones is 1. The molecule has 0 heterocycles. The molecule has 0 aromatic heterocycles. The number of halogens is 6. The van der Waals surface area contributed by atoms with Crippen LogP contribution in [0.2, 0.25) is 0 Å². The molecule has 0 spiro atoms. The summed E-state index contributed by atoms with van der Waals surface area (Å²) >= 11 is 0.